The second-order valence-corrected chi connectivity index (χ2v) is 14.0. The van der Waals surface area contributed by atoms with Crippen LogP contribution in [-0.2, 0) is 47.4 Å². The number of rotatable bonds is 11. The van der Waals surface area contributed by atoms with Crippen molar-refractivity contribution in [1.82, 2.24) is 24.3 Å². The molecule has 0 bridgehead atoms. The Morgan fingerprint density at radius 3 is 2.32 bits per heavy atom. The van der Waals surface area contributed by atoms with Crippen LogP contribution in [0.4, 0.5) is 0 Å². The first kappa shape index (κ1) is 31.0. The van der Waals surface area contributed by atoms with Crippen LogP contribution in [0.5, 0.6) is 0 Å². The third kappa shape index (κ3) is 7.42. The first-order chi connectivity index (χ1) is 21.3. The zero-order valence-electron chi connectivity index (χ0n) is 25.2. The van der Waals surface area contributed by atoms with E-state index < -0.39 is 10.0 Å². The van der Waals surface area contributed by atoms with Gasteiger partial charge in [-0.25, -0.2) is 8.42 Å². The summed E-state index contributed by atoms with van der Waals surface area (Å²) in [6.45, 7) is 7.67. The van der Waals surface area contributed by atoms with Gasteiger partial charge in [-0.3, -0.25) is 9.58 Å². The van der Waals surface area contributed by atoms with Crippen molar-refractivity contribution >= 4 is 21.6 Å². The smallest absolute Gasteiger partial charge is 0.211 e. The Hall–Kier alpha value is -3.05. The average molecular weight is 634 g/mol. The molecule has 10 heteroatoms. The van der Waals surface area contributed by atoms with Crippen LogP contribution in [0.3, 0.4) is 0 Å². The van der Waals surface area contributed by atoms with Crippen molar-refractivity contribution in [2.45, 2.75) is 39.0 Å². The number of fused-ring (bicyclic) bond motifs is 1. The highest BCUT2D eigenvalue weighted by atomic mass is 35.5. The molecule has 232 valence electrons. The van der Waals surface area contributed by atoms with Crippen molar-refractivity contribution in [2.75, 3.05) is 45.6 Å². The molecule has 1 fully saturated rings. The van der Waals surface area contributed by atoms with Crippen LogP contribution >= 0.6 is 11.6 Å². The van der Waals surface area contributed by atoms with E-state index in [1.165, 1.54) is 17.4 Å². The van der Waals surface area contributed by atoms with Gasteiger partial charge in [-0.05, 0) is 35.2 Å². The molecular formula is C34H40ClN5O3S. The number of hydrogen-bond donors (Lipinski definition) is 1. The van der Waals surface area contributed by atoms with Crippen molar-refractivity contribution in [3.05, 3.63) is 100 Å². The molecule has 0 amide bonds. The molecule has 44 heavy (non-hydrogen) atoms. The van der Waals surface area contributed by atoms with E-state index in [-0.39, 0.29) is 0 Å². The molecule has 2 aliphatic rings. The number of hydrogen-bond acceptors (Lipinski definition) is 6. The Labute approximate surface area is 265 Å². The SMILES string of the molecule is CS(=O)(=O)N1CCc2c(c(-c3ccc(Cl)c(-c4ccc(CNCc5ccccc5)cc4)c3)nn2CCCN2CCOCC2)C1. The highest BCUT2D eigenvalue weighted by Gasteiger charge is 2.30. The Morgan fingerprint density at radius 1 is 0.886 bits per heavy atom. The number of aromatic nitrogens is 2. The summed E-state index contributed by atoms with van der Waals surface area (Å²) in [5, 5.41) is 9.27. The summed E-state index contributed by atoms with van der Waals surface area (Å²) in [5.41, 5.74) is 8.30. The quantitative estimate of drug-likeness (QED) is 0.245. The molecule has 0 aliphatic carbocycles. The molecule has 1 aromatic heterocycles. The summed E-state index contributed by atoms with van der Waals surface area (Å²) in [6.07, 6.45) is 2.90. The van der Waals surface area contributed by atoms with Gasteiger partial charge in [0.25, 0.3) is 0 Å². The van der Waals surface area contributed by atoms with Gasteiger partial charge < -0.3 is 10.1 Å². The molecule has 4 aromatic rings. The summed E-state index contributed by atoms with van der Waals surface area (Å²) in [6, 6.07) is 24.9. The van der Waals surface area contributed by atoms with E-state index in [9.17, 15) is 8.42 Å². The fourth-order valence-corrected chi connectivity index (χ4v) is 7.09. The van der Waals surface area contributed by atoms with E-state index in [0.717, 1.165) is 92.5 Å². The topological polar surface area (TPSA) is 79.7 Å². The molecule has 0 saturated carbocycles. The summed E-state index contributed by atoms with van der Waals surface area (Å²) in [4.78, 5) is 2.43. The fourth-order valence-electron chi connectivity index (χ4n) is 6.08. The van der Waals surface area contributed by atoms with Gasteiger partial charge in [-0.2, -0.15) is 9.40 Å². The molecule has 0 atom stereocenters. The second-order valence-electron chi connectivity index (χ2n) is 11.6. The molecule has 0 spiro atoms. The van der Waals surface area contributed by atoms with Gasteiger partial charge >= 0.3 is 0 Å². The minimum atomic E-state index is -3.32. The number of benzene rings is 3. The fraction of sp³-hybridized carbons (Fsp3) is 0.382. The third-order valence-corrected chi connectivity index (χ3v) is 10.1. The number of ether oxygens (including phenoxy) is 1. The van der Waals surface area contributed by atoms with Crippen molar-refractivity contribution in [2.24, 2.45) is 0 Å². The van der Waals surface area contributed by atoms with Crippen LogP contribution in [0.1, 0.15) is 28.8 Å². The predicted molar refractivity (Wildman–Crippen MR) is 176 cm³/mol. The molecular weight excluding hydrogens is 594 g/mol. The molecule has 1 N–H and O–H groups in total. The van der Waals surface area contributed by atoms with Gasteiger partial charge in [0.1, 0.15) is 0 Å². The maximum absolute atomic E-state index is 12.5. The minimum absolute atomic E-state index is 0.329. The Balaban J connectivity index is 1.22. The first-order valence-corrected chi connectivity index (χ1v) is 17.6. The Kier molecular flexibility index (Phi) is 9.80. The Bertz CT molecular complexity index is 1670. The largest absolute Gasteiger partial charge is 0.379 e. The summed E-state index contributed by atoms with van der Waals surface area (Å²) in [5.74, 6) is 0. The zero-order chi connectivity index (χ0) is 30.5. The normalized spacial score (nSPS) is 16.2. The third-order valence-electron chi connectivity index (χ3n) is 8.52. The molecule has 8 nitrogen and oxygen atoms in total. The van der Waals surface area contributed by atoms with Gasteiger partial charge in [-0.15, -0.1) is 0 Å². The average Bonchev–Trinajstić information content (AvgIpc) is 3.40. The zero-order valence-corrected chi connectivity index (χ0v) is 26.8. The summed E-state index contributed by atoms with van der Waals surface area (Å²) >= 11 is 6.74. The van der Waals surface area contributed by atoms with Gasteiger partial charge in [0.2, 0.25) is 10.0 Å². The lowest BCUT2D eigenvalue weighted by Gasteiger charge is -2.27. The maximum Gasteiger partial charge on any atom is 0.211 e. The summed E-state index contributed by atoms with van der Waals surface area (Å²) in [7, 11) is -3.32. The lowest BCUT2D eigenvalue weighted by molar-refractivity contribution is 0.0368. The van der Waals surface area contributed by atoms with Gasteiger partial charge in [0.15, 0.2) is 0 Å². The van der Waals surface area contributed by atoms with Crippen LogP contribution in [0.2, 0.25) is 5.02 Å². The van der Waals surface area contributed by atoms with Crippen LogP contribution in [0.15, 0.2) is 72.8 Å². The molecule has 6 rings (SSSR count). The molecule has 0 radical (unpaired) electrons. The van der Waals surface area contributed by atoms with Crippen molar-refractivity contribution in [1.29, 1.82) is 0 Å². The lowest BCUT2D eigenvalue weighted by Crippen LogP contribution is -2.37. The number of nitrogens with one attached hydrogen (secondary N) is 1. The van der Waals surface area contributed by atoms with Gasteiger partial charge in [0, 0.05) is 86.2 Å². The monoisotopic (exact) mass is 633 g/mol. The number of sulfonamides is 1. The molecule has 0 unspecified atom stereocenters. The van der Waals surface area contributed by atoms with Crippen molar-refractivity contribution in [3.63, 3.8) is 0 Å². The van der Waals surface area contributed by atoms with Gasteiger partial charge in [-0.1, -0.05) is 72.3 Å². The predicted octanol–water partition coefficient (Wildman–Crippen LogP) is 5.20. The van der Waals surface area contributed by atoms with Crippen LogP contribution in [0.25, 0.3) is 22.4 Å². The van der Waals surface area contributed by atoms with Crippen molar-refractivity contribution < 1.29 is 13.2 Å². The number of morpholine rings is 1. The van der Waals surface area contributed by atoms with E-state index >= 15 is 0 Å². The number of nitrogens with zero attached hydrogens (tertiary/aromatic N) is 4. The van der Waals surface area contributed by atoms with Crippen LogP contribution < -0.4 is 5.32 Å². The van der Waals surface area contributed by atoms with E-state index in [2.05, 4.69) is 69.5 Å². The first-order valence-electron chi connectivity index (χ1n) is 15.3. The van der Waals surface area contributed by atoms with E-state index in [4.69, 9.17) is 21.4 Å². The molecule has 3 aromatic carbocycles. The molecule has 1 saturated heterocycles. The lowest BCUT2D eigenvalue weighted by atomic mass is 9.97. The van der Waals surface area contributed by atoms with E-state index in [1.54, 1.807) is 4.31 Å². The van der Waals surface area contributed by atoms with Crippen LogP contribution in [0, 0.1) is 0 Å². The number of aryl methyl sites for hydroxylation is 1. The summed E-state index contributed by atoms with van der Waals surface area (Å²) < 4.78 is 34.2. The molecule has 3 heterocycles. The maximum atomic E-state index is 12.5. The second kappa shape index (κ2) is 13.9. The van der Waals surface area contributed by atoms with E-state index in [0.29, 0.717) is 24.5 Å². The van der Waals surface area contributed by atoms with Crippen molar-refractivity contribution in [3.8, 4) is 22.4 Å². The van der Waals surface area contributed by atoms with E-state index in [1.807, 2.05) is 18.2 Å². The Morgan fingerprint density at radius 2 is 1.59 bits per heavy atom. The minimum Gasteiger partial charge on any atom is -0.379 e. The standard InChI is InChI=1S/C34H40ClN5O3S/c1-44(41,42)39-17-14-33-31(25-39)34(37-40(33)16-5-15-38-18-20-43-21-19-38)29-12-13-32(35)30(22-29)28-10-8-27(9-11-28)24-36-23-26-6-3-2-4-7-26/h2-4,6-13,22,36H,5,14-21,23-25H2,1H3. The number of halogens is 1. The highest BCUT2D eigenvalue weighted by molar-refractivity contribution is 7.88. The van der Waals surface area contributed by atoms with Crippen LogP contribution in [-0.4, -0.2) is 73.1 Å². The molecule has 2 aliphatic heterocycles. The highest BCUT2D eigenvalue weighted by Crippen LogP contribution is 2.36. The van der Waals surface area contributed by atoms with Gasteiger partial charge in [0.05, 0.1) is 25.2 Å².